The summed E-state index contributed by atoms with van der Waals surface area (Å²) in [6, 6.07) is 13.3. The molecule has 6 nitrogen and oxygen atoms in total. The first-order chi connectivity index (χ1) is 12.5. The molecule has 3 rings (SSSR count). The summed E-state index contributed by atoms with van der Waals surface area (Å²) < 4.78 is 19.7. The van der Waals surface area contributed by atoms with Crippen molar-refractivity contribution in [3.05, 3.63) is 77.4 Å². The lowest BCUT2D eigenvalue weighted by Gasteiger charge is -2.13. The largest absolute Gasteiger partial charge is 0.497 e. The van der Waals surface area contributed by atoms with Gasteiger partial charge in [0.15, 0.2) is 5.69 Å². The van der Waals surface area contributed by atoms with Crippen LogP contribution in [-0.4, -0.2) is 28.0 Å². The molecule has 1 amide bonds. The van der Waals surface area contributed by atoms with Gasteiger partial charge in [-0.25, -0.2) is 9.07 Å². The molecule has 0 aliphatic carbocycles. The molecular formula is C19H19FN4O2. The van der Waals surface area contributed by atoms with Crippen molar-refractivity contribution in [2.24, 2.45) is 0 Å². The number of carbonyl (C=O) groups is 1. The van der Waals surface area contributed by atoms with Crippen molar-refractivity contribution < 1.29 is 13.9 Å². The molecule has 2 aromatic carbocycles. The maximum Gasteiger partial charge on any atom is 0.273 e. The third-order valence-electron chi connectivity index (χ3n) is 3.99. The summed E-state index contributed by atoms with van der Waals surface area (Å²) in [5.41, 5.74) is 2.06. The number of hydrogen-bond acceptors (Lipinski definition) is 4. The quantitative estimate of drug-likeness (QED) is 0.739. The van der Waals surface area contributed by atoms with Crippen LogP contribution in [0.4, 0.5) is 4.39 Å². The molecule has 0 fully saturated rings. The van der Waals surface area contributed by atoms with Gasteiger partial charge in [-0.2, -0.15) is 0 Å². The number of rotatable bonds is 6. The highest BCUT2D eigenvalue weighted by Crippen LogP contribution is 2.14. The van der Waals surface area contributed by atoms with Gasteiger partial charge in [0, 0.05) is 0 Å². The predicted octanol–water partition coefficient (Wildman–Crippen LogP) is 2.97. The predicted molar refractivity (Wildman–Crippen MR) is 94.4 cm³/mol. The van der Waals surface area contributed by atoms with Crippen molar-refractivity contribution in [2.45, 2.75) is 19.5 Å². The van der Waals surface area contributed by atoms with Crippen LogP contribution in [0.25, 0.3) is 0 Å². The molecule has 0 aliphatic heterocycles. The molecule has 0 saturated carbocycles. The van der Waals surface area contributed by atoms with E-state index in [1.165, 1.54) is 12.1 Å². The second-order valence-corrected chi connectivity index (χ2v) is 5.90. The van der Waals surface area contributed by atoms with Crippen molar-refractivity contribution >= 4 is 5.91 Å². The molecule has 0 saturated heterocycles. The third-order valence-corrected chi connectivity index (χ3v) is 3.99. The number of nitrogens with zero attached hydrogens (tertiary/aromatic N) is 3. The monoisotopic (exact) mass is 354 g/mol. The van der Waals surface area contributed by atoms with E-state index in [9.17, 15) is 9.18 Å². The van der Waals surface area contributed by atoms with E-state index in [0.717, 1.165) is 16.9 Å². The molecule has 26 heavy (non-hydrogen) atoms. The van der Waals surface area contributed by atoms with E-state index in [2.05, 4.69) is 15.6 Å². The fraction of sp³-hybridized carbons (Fsp3) is 0.211. The van der Waals surface area contributed by atoms with Crippen LogP contribution in [-0.2, 0) is 6.54 Å². The molecule has 0 spiro atoms. The normalized spacial score (nSPS) is 11.8. The summed E-state index contributed by atoms with van der Waals surface area (Å²) in [4.78, 5) is 12.3. The maximum atomic E-state index is 13.0. The molecule has 1 heterocycles. The zero-order valence-electron chi connectivity index (χ0n) is 14.5. The van der Waals surface area contributed by atoms with Gasteiger partial charge >= 0.3 is 0 Å². The van der Waals surface area contributed by atoms with Crippen molar-refractivity contribution in [3.63, 3.8) is 0 Å². The van der Waals surface area contributed by atoms with Crippen molar-refractivity contribution in [3.8, 4) is 5.75 Å². The molecule has 1 unspecified atom stereocenters. The summed E-state index contributed by atoms with van der Waals surface area (Å²) in [6.45, 7) is 2.32. The van der Waals surface area contributed by atoms with Crippen LogP contribution in [0.2, 0.25) is 0 Å². The molecule has 3 aromatic rings. The fourth-order valence-electron chi connectivity index (χ4n) is 2.50. The molecule has 7 heteroatoms. The first-order valence-electron chi connectivity index (χ1n) is 8.14. The minimum absolute atomic E-state index is 0.229. The zero-order chi connectivity index (χ0) is 18.5. The number of hydrogen-bond donors (Lipinski definition) is 1. The minimum Gasteiger partial charge on any atom is -0.497 e. The highest BCUT2D eigenvalue weighted by molar-refractivity contribution is 5.92. The number of carbonyl (C=O) groups excluding carboxylic acids is 1. The Balaban J connectivity index is 1.62. The Morgan fingerprint density at radius 1 is 1.19 bits per heavy atom. The number of ether oxygens (including phenoxy) is 1. The second-order valence-electron chi connectivity index (χ2n) is 5.90. The van der Waals surface area contributed by atoms with Gasteiger partial charge in [-0.3, -0.25) is 4.79 Å². The van der Waals surface area contributed by atoms with Crippen molar-refractivity contribution in [1.82, 2.24) is 20.3 Å². The Hall–Kier alpha value is -3.22. The first kappa shape index (κ1) is 17.6. The summed E-state index contributed by atoms with van der Waals surface area (Å²) in [7, 11) is 1.62. The Morgan fingerprint density at radius 3 is 2.54 bits per heavy atom. The van der Waals surface area contributed by atoms with Gasteiger partial charge in [0.1, 0.15) is 11.6 Å². The number of halogens is 1. The van der Waals surface area contributed by atoms with Crippen LogP contribution in [0, 0.1) is 5.82 Å². The smallest absolute Gasteiger partial charge is 0.273 e. The minimum atomic E-state index is -0.331. The van der Waals surface area contributed by atoms with Gasteiger partial charge in [-0.1, -0.05) is 29.5 Å². The SMILES string of the molecule is COc1ccc(Cn2cc(C(=O)NC(C)c3ccc(F)cc3)nn2)cc1. The molecule has 0 radical (unpaired) electrons. The highest BCUT2D eigenvalue weighted by atomic mass is 19.1. The van der Waals surface area contributed by atoms with Crippen LogP contribution < -0.4 is 10.1 Å². The van der Waals surface area contributed by atoms with Crippen molar-refractivity contribution in [1.29, 1.82) is 0 Å². The molecule has 0 bridgehead atoms. The van der Waals surface area contributed by atoms with Gasteiger partial charge in [0.25, 0.3) is 5.91 Å². The van der Waals surface area contributed by atoms with Crippen LogP contribution in [0.5, 0.6) is 5.75 Å². The van der Waals surface area contributed by atoms with Gasteiger partial charge in [0.05, 0.1) is 25.9 Å². The summed E-state index contributed by atoms with van der Waals surface area (Å²) in [6.07, 6.45) is 1.59. The summed E-state index contributed by atoms with van der Waals surface area (Å²) in [5, 5.41) is 10.7. The Kier molecular flexibility index (Phi) is 5.26. The van der Waals surface area contributed by atoms with Gasteiger partial charge in [-0.05, 0) is 42.3 Å². The number of amides is 1. The van der Waals surface area contributed by atoms with E-state index >= 15 is 0 Å². The third kappa shape index (κ3) is 4.24. The van der Waals surface area contributed by atoms with Crippen LogP contribution in [0.15, 0.2) is 54.7 Å². The zero-order valence-corrected chi connectivity index (χ0v) is 14.5. The second kappa shape index (κ2) is 7.77. The van der Waals surface area contributed by atoms with Gasteiger partial charge in [-0.15, -0.1) is 5.10 Å². The van der Waals surface area contributed by atoms with E-state index in [-0.39, 0.29) is 23.5 Å². The van der Waals surface area contributed by atoms with E-state index < -0.39 is 0 Å². The Morgan fingerprint density at radius 2 is 1.88 bits per heavy atom. The lowest BCUT2D eigenvalue weighted by molar-refractivity contribution is 0.0934. The Bertz CT molecular complexity index is 875. The first-order valence-corrected chi connectivity index (χ1v) is 8.14. The number of benzene rings is 2. The van der Waals surface area contributed by atoms with Crippen molar-refractivity contribution in [2.75, 3.05) is 7.11 Å². The van der Waals surface area contributed by atoms with Gasteiger partial charge in [0.2, 0.25) is 0 Å². The van der Waals surface area contributed by atoms with E-state index in [0.29, 0.717) is 6.54 Å². The Labute approximate surface area is 150 Å². The summed E-state index contributed by atoms with van der Waals surface area (Å²) in [5.74, 6) is 0.138. The molecule has 134 valence electrons. The molecule has 1 aromatic heterocycles. The van der Waals surface area contributed by atoms with E-state index in [4.69, 9.17) is 4.74 Å². The van der Waals surface area contributed by atoms with E-state index in [1.807, 2.05) is 31.2 Å². The van der Waals surface area contributed by atoms with Crippen LogP contribution >= 0.6 is 0 Å². The fourth-order valence-corrected chi connectivity index (χ4v) is 2.50. The molecular weight excluding hydrogens is 335 g/mol. The molecule has 1 atom stereocenters. The average molecular weight is 354 g/mol. The van der Waals surface area contributed by atoms with Crippen LogP contribution in [0.3, 0.4) is 0 Å². The molecule has 1 N–H and O–H groups in total. The summed E-state index contributed by atoms with van der Waals surface area (Å²) >= 11 is 0. The number of aromatic nitrogens is 3. The highest BCUT2D eigenvalue weighted by Gasteiger charge is 2.15. The lowest BCUT2D eigenvalue weighted by Crippen LogP contribution is -2.27. The molecule has 0 aliphatic rings. The van der Waals surface area contributed by atoms with E-state index in [1.54, 1.807) is 30.1 Å². The van der Waals surface area contributed by atoms with Crippen LogP contribution in [0.1, 0.15) is 34.6 Å². The number of nitrogens with one attached hydrogen (secondary N) is 1. The maximum absolute atomic E-state index is 13.0. The van der Waals surface area contributed by atoms with Gasteiger partial charge < -0.3 is 10.1 Å². The standard InChI is InChI=1S/C19H19FN4O2/c1-13(15-5-7-16(20)8-6-15)21-19(25)18-12-24(23-22-18)11-14-3-9-17(26-2)10-4-14/h3-10,12-13H,11H2,1-2H3,(H,21,25). The lowest BCUT2D eigenvalue weighted by atomic mass is 10.1. The topological polar surface area (TPSA) is 69.0 Å². The average Bonchev–Trinajstić information content (AvgIpc) is 3.11. The number of methoxy groups -OCH3 is 1.